The minimum Gasteiger partial charge on any atom is -0.353 e. The van der Waals surface area contributed by atoms with E-state index in [2.05, 4.69) is 50.9 Å². The smallest absolute Gasteiger partial charge is 0.227 e. The van der Waals surface area contributed by atoms with E-state index in [0.717, 1.165) is 24.4 Å². The van der Waals surface area contributed by atoms with Crippen LogP contribution in [0.4, 0.5) is 11.8 Å². The van der Waals surface area contributed by atoms with E-state index in [1.54, 1.807) is 6.20 Å². The standard InChI is InChI=1S/C25H33ClN8O/c1-16-12-33(13-17(2)31(16)5)24-28-10-19(26)22(29-24)32-14-18(15-32)23(35)30-25(3,4)20-11-27-21-8-6-7-9-34(20)21/h6-11,16-18H,12-15H2,1-5H3,(H,30,35)/t16-,17-/m0/s1. The van der Waals surface area contributed by atoms with Crippen LogP contribution in [0.15, 0.2) is 36.8 Å². The third-order valence-electron chi connectivity index (χ3n) is 7.40. The van der Waals surface area contributed by atoms with Gasteiger partial charge in [-0.3, -0.25) is 9.69 Å². The van der Waals surface area contributed by atoms with Crippen molar-refractivity contribution in [3.8, 4) is 0 Å². The minimum atomic E-state index is -0.563. The number of rotatable bonds is 5. The third-order valence-corrected chi connectivity index (χ3v) is 7.67. The Morgan fingerprint density at radius 2 is 1.77 bits per heavy atom. The summed E-state index contributed by atoms with van der Waals surface area (Å²) < 4.78 is 2.01. The molecule has 2 aliphatic heterocycles. The number of piperazine rings is 1. The molecule has 1 amide bonds. The van der Waals surface area contributed by atoms with Crippen molar-refractivity contribution in [2.24, 2.45) is 5.92 Å². The lowest BCUT2D eigenvalue weighted by Gasteiger charge is -2.43. The molecule has 10 heteroatoms. The Morgan fingerprint density at radius 1 is 1.06 bits per heavy atom. The summed E-state index contributed by atoms with van der Waals surface area (Å²) in [5, 5.41) is 3.72. The summed E-state index contributed by atoms with van der Waals surface area (Å²) in [6.45, 7) is 11.3. The van der Waals surface area contributed by atoms with Crippen LogP contribution in [0.25, 0.3) is 5.65 Å². The maximum absolute atomic E-state index is 13.1. The van der Waals surface area contributed by atoms with E-state index >= 15 is 0 Å². The lowest BCUT2D eigenvalue weighted by atomic mass is 9.95. The lowest BCUT2D eigenvalue weighted by Crippen LogP contribution is -2.57. The van der Waals surface area contributed by atoms with E-state index in [9.17, 15) is 4.79 Å². The molecule has 0 unspecified atom stereocenters. The summed E-state index contributed by atoms with van der Waals surface area (Å²) in [6.07, 6.45) is 5.46. The molecule has 9 nitrogen and oxygen atoms in total. The first-order chi connectivity index (χ1) is 16.6. The van der Waals surface area contributed by atoms with Gasteiger partial charge in [-0.2, -0.15) is 4.98 Å². The van der Waals surface area contributed by atoms with E-state index in [1.165, 1.54) is 0 Å². The van der Waals surface area contributed by atoms with E-state index in [1.807, 2.05) is 48.8 Å². The monoisotopic (exact) mass is 496 g/mol. The molecule has 0 aromatic carbocycles. The molecule has 2 saturated heterocycles. The van der Waals surface area contributed by atoms with Gasteiger partial charge < -0.3 is 19.5 Å². The molecule has 3 aromatic rings. The molecule has 2 fully saturated rings. The van der Waals surface area contributed by atoms with Crippen molar-refractivity contribution < 1.29 is 4.79 Å². The Hall–Kier alpha value is -2.91. The van der Waals surface area contributed by atoms with Gasteiger partial charge in [-0.15, -0.1) is 0 Å². The molecule has 186 valence electrons. The van der Waals surface area contributed by atoms with Crippen LogP contribution in [0.3, 0.4) is 0 Å². The topological polar surface area (TPSA) is 81.9 Å². The van der Waals surface area contributed by atoms with Crippen LogP contribution in [-0.4, -0.2) is 75.5 Å². The molecule has 0 aliphatic carbocycles. The fraction of sp³-hybridized carbons (Fsp3) is 0.520. The summed E-state index contributed by atoms with van der Waals surface area (Å²) in [4.78, 5) is 33.5. The number of fused-ring (bicyclic) bond motifs is 1. The largest absolute Gasteiger partial charge is 0.353 e. The van der Waals surface area contributed by atoms with Crippen LogP contribution in [0.1, 0.15) is 33.4 Å². The average molecular weight is 497 g/mol. The summed E-state index contributed by atoms with van der Waals surface area (Å²) >= 11 is 6.48. The van der Waals surface area contributed by atoms with Crippen molar-refractivity contribution in [1.29, 1.82) is 0 Å². The first-order valence-corrected chi connectivity index (χ1v) is 12.5. The summed E-state index contributed by atoms with van der Waals surface area (Å²) in [5.41, 5.74) is 1.24. The summed E-state index contributed by atoms with van der Waals surface area (Å²) in [7, 11) is 2.16. The molecule has 2 aliphatic rings. The lowest BCUT2D eigenvalue weighted by molar-refractivity contribution is -0.127. The Bertz CT molecular complexity index is 1230. The molecule has 0 radical (unpaired) electrons. The van der Waals surface area contributed by atoms with Crippen LogP contribution in [0.2, 0.25) is 5.02 Å². The number of nitrogens with zero attached hydrogens (tertiary/aromatic N) is 7. The van der Waals surface area contributed by atoms with Gasteiger partial charge in [-0.25, -0.2) is 9.97 Å². The van der Waals surface area contributed by atoms with Crippen molar-refractivity contribution in [2.45, 2.75) is 45.3 Å². The zero-order valence-electron chi connectivity index (χ0n) is 20.9. The molecule has 0 bridgehead atoms. The number of nitrogens with one attached hydrogen (secondary N) is 1. The van der Waals surface area contributed by atoms with Gasteiger partial charge in [0.1, 0.15) is 10.7 Å². The Morgan fingerprint density at radius 3 is 2.49 bits per heavy atom. The van der Waals surface area contributed by atoms with Gasteiger partial charge in [-0.05, 0) is 46.9 Å². The van der Waals surface area contributed by atoms with Crippen LogP contribution >= 0.6 is 11.6 Å². The first-order valence-electron chi connectivity index (χ1n) is 12.1. The molecule has 0 saturated carbocycles. The normalized spacial score (nSPS) is 21.9. The van der Waals surface area contributed by atoms with Gasteiger partial charge in [0, 0.05) is 44.5 Å². The highest BCUT2D eigenvalue weighted by Gasteiger charge is 2.38. The Labute approximate surface area is 211 Å². The number of hydrogen-bond donors (Lipinski definition) is 1. The highest BCUT2D eigenvalue weighted by molar-refractivity contribution is 6.32. The highest BCUT2D eigenvalue weighted by atomic mass is 35.5. The number of likely N-dealkylation sites (N-methyl/N-ethyl adjacent to an activating group) is 1. The van der Waals surface area contributed by atoms with Crippen molar-refractivity contribution >= 4 is 34.9 Å². The summed E-state index contributed by atoms with van der Waals surface area (Å²) in [6, 6.07) is 6.69. The van der Waals surface area contributed by atoms with Crippen LogP contribution in [0, 0.1) is 5.92 Å². The number of imidazole rings is 1. The van der Waals surface area contributed by atoms with E-state index < -0.39 is 5.54 Å². The third kappa shape index (κ3) is 4.43. The molecule has 5 rings (SSSR count). The fourth-order valence-electron chi connectivity index (χ4n) is 4.98. The number of pyridine rings is 1. The van der Waals surface area contributed by atoms with Gasteiger partial charge in [-0.1, -0.05) is 17.7 Å². The number of hydrogen-bond acceptors (Lipinski definition) is 7. The minimum absolute atomic E-state index is 0.0178. The molecule has 5 heterocycles. The number of halogens is 1. The van der Waals surface area contributed by atoms with E-state index in [4.69, 9.17) is 16.6 Å². The first kappa shape index (κ1) is 23.8. The number of carbonyl (C=O) groups excluding carboxylic acids is 1. The van der Waals surface area contributed by atoms with Crippen molar-refractivity contribution in [3.05, 3.63) is 47.5 Å². The van der Waals surface area contributed by atoms with Gasteiger partial charge in [0.2, 0.25) is 11.9 Å². The SMILES string of the molecule is C[C@H]1CN(c2ncc(Cl)c(N3CC(C(=O)NC(C)(C)c4cnc5ccccn45)C3)n2)C[C@H](C)N1C. The van der Waals surface area contributed by atoms with Gasteiger partial charge >= 0.3 is 0 Å². The Balaban J connectivity index is 1.25. The van der Waals surface area contributed by atoms with Crippen LogP contribution in [0.5, 0.6) is 0 Å². The van der Waals surface area contributed by atoms with Crippen LogP contribution in [-0.2, 0) is 10.3 Å². The van der Waals surface area contributed by atoms with Crippen molar-refractivity contribution in [1.82, 2.24) is 29.6 Å². The van der Waals surface area contributed by atoms with Gasteiger partial charge in [0.05, 0.1) is 29.5 Å². The second-order valence-electron chi connectivity index (χ2n) is 10.4. The zero-order valence-corrected chi connectivity index (χ0v) is 21.7. The number of amides is 1. The molecular formula is C25H33ClN8O. The average Bonchev–Trinajstić information content (AvgIpc) is 3.22. The van der Waals surface area contributed by atoms with Crippen LogP contribution < -0.4 is 15.1 Å². The molecular weight excluding hydrogens is 464 g/mol. The summed E-state index contributed by atoms with van der Waals surface area (Å²) in [5.74, 6) is 1.27. The number of aromatic nitrogens is 4. The maximum atomic E-state index is 13.1. The second kappa shape index (κ2) is 8.95. The molecule has 3 aromatic heterocycles. The number of anilines is 2. The second-order valence-corrected chi connectivity index (χ2v) is 10.8. The van der Waals surface area contributed by atoms with E-state index in [0.29, 0.717) is 42.0 Å². The van der Waals surface area contributed by atoms with Crippen molar-refractivity contribution in [2.75, 3.05) is 43.0 Å². The number of carbonyl (C=O) groups is 1. The highest BCUT2D eigenvalue weighted by Crippen LogP contribution is 2.32. The molecule has 1 N–H and O–H groups in total. The molecule has 35 heavy (non-hydrogen) atoms. The Kier molecular flexibility index (Phi) is 6.09. The predicted octanol–water partition coefficient (Wildman–Crippen LogP) is 2.79. The maximum Gasteiger partial charge on any atom is 0.227 e. The quantitative estimate of drug-likeness (QED) is 0.581. The zero-order chi connectivity index (χ0) is 24.9. The van der Waals surface area contributed by atoms with Gasteiger partial charge in [0.15, 0.2) is 5.82 Å². The molecule has 0 spiro atoms. The van der Waals surface area contributed by atoms with E-state index in [-0.39, 0.29) is 11.8 Å². The van der Waals surface area contributed by atoms with Crippen molar-refractivity contribution in [3.63, 3.8) is 0 Å². The predicted molar refractivity (Wildman–Crippen MR) is 138 cm³/mol. The fourth-order valence-corrected chi connectivity index (χ4v) is 5.19. The molecule has 2 atom stereocenters. The van der Waals surface area contributed by atoms with Gasteiger partial charge in [0.25, 0.3) is 0 Å².